The molecule has 26 heavy (non-hydrogen) atoms. The molecule has 1 aromatic heterocycles. The molecule has 0 amide bonds. The van der Waals surface area contributed by atoms with Gasteiger partial charge in [-0.05, 0) is 46.5 Å². The van der Waals surface area contributed by atoms with Crippen molar-refractivity contribution in [3.63, 3.8) is 0 Å². The van der Waals surface area contributed by atoms with Gasteiger partial charge in [-0.3, -0.25) is 4.55 Å². The van der Waals surface area contributed by atoms with E-state index in [1.165, 1.54) is 12.1 Å². The molecular weight excluding hydrogens is 348 g/mol. The van der Waals surface area contributed by atoms with Crippen molar-refractivity contribution < 1.29 is 13.0 Å². The molecule has 5 rings (SSSR count). The van der Waals surface area contributed by atoms with Crippen LogP contribution in [-0.2, 0) is 10.1 Å². The fraction of sp³-hybridized carbons (Fsp3) is 0. The highest BCUT2D eigenvalue weighted by atomic mass is 32.2. The fourth-order valence-corrected chi connectivity index (χ4v) is 3.88. The minimum absolute atomic E-state index is 0.115. The Labute approximate surface area is 148 Å². The van der Waals surface area contributed by atoms with Crippen LogP contribution < -0.4 is 0 Å². The summed E-state index contributed by atoms with van der Waals surface area (Å²) in [5.74, 6) is 0. The molecule has 0 saturated heterocycles. The number of fused-ring (bicyclic) bond motifs is 6. The lowest BCUT2D eigenvalue weighted by Gasteiger charge is -2.08. The summed E-state index contributed by atoms with van der Waals surface area (Å²) >= 11 is 0. The topological polar surface area (TPSA) is 80.2 Å². The Balaban J connectivity index is 1.89. The summed E-state index contributed by atoms with van der Waals surface area (Å²) in [6.45, 7) is 0. The van der Waals surface area contributed by atoms with E-state index in [1.807, 2.05) is 48.5 Å². The first-order chi connectivity index (χ1) is 12.5. The van der Waals surface area contributed by atoms with Crippen molar-refractivity contribution >= 4 is 53.7 Å². The van der Waals surface area contributed by atoms with E-state index in [1.54, 1.807) is 6.07 Å². The van der Waals surface area contributed by atoms with Crippen molar-refractivity contribution in [3.8, 4) is 0 Å². The maximum atomic E-state index is 11.4. The van der Waals surface area contributed by atoms with Gasteiger partial charge in [0.1, 0.15) is 0 Å². The highest BCUT2D eigenvalue weighted by Crippen LogP contribution is 2.31. The van der Waals surface area contributed by atoms with Crippen molar-refractivity contribution in [1.82, 2.24) is 9.97 Å². The first-order valence-electron chi connectivity index (χ1n) is 8.00. The van der Waals surface area contributed by atoms with Crippen LogP contribution in [0.5, 0.6) is 0 Å². The molecule has 1 heterocycles. The van der Waals surface area contributed by atoms with Crippen LogP contribution in [0.1, 0.15) is 0 Å². The Bertz CT molecular complexity index is 1460. The second-order valence-corrected chi connectivity index (χ2v) is 7.59. The zero-order valence-corrected chi connectivity index (χ0v) is 14.2. The SMILES string of the molecule is O=S(=O)(O)c1ccc2c(ccc3c2ccc2nc4ccccc4nc23)c1. The summed E-state index contributed by atoms with van der Waals surface area (Å²) < 4.78 is 32.0. The standard InChI is InChI=1S/C20H12N2O3S/c23-26(24,25)13-6-8-14-12(11-13)5-7-16-15(14)9-10-19-20(16)22-18-4-2-1-3-17(18)21-19/h1-11H,(H,23,24,25). The summed E-state index contributed by atoms with van der Waals surface area (Å²) in [5.41, 5.74) is 3.29. The molecule has 5 aromatic rings. The minimum Gasteiger partial charge on any atom is -0.282 e. The highest BCUT2D eigenvalue weighted by molar-refractivity contribution is 7.85. The molecule has 1 N–H and O–H groups in total. The molecule has 0 radical (unpaired) electrons. The van der Waals surface area contributed by atoms with Crippen LogP contribution in [0.3, 0.4) is 0 Å². The molecule has 0 atom stereocenters. The molecule has 126 valence electrons. The molecule has 0 spiro atoms. The predicted octanol–water partition coefficient (Wildman–Crippen LogP) is 4.34. The molecule has 6 heteroatoms. The third-order valence-electron chi connectivity index (χ3n) is 4.59. The van der Waals surface area contributed by atoms with Crippen LogP contribution in [0, 0.1) is 0 Å². The number of benzene rings is 4. The second kappa shape index (κ2) is 5.20. The summed E-state index contributed by atoms with van der Waals surface area (Å²) in [6, 6.07) is 20.0. The molecule has 5 nitrogen and oxygen atoms in total. The van der Waals surface area contributed by atoms with Crippen LogP contribution in [-0.4, -0.2) is 22.9 Å². The molecule has 0 saturated carbocycles. The largest absolute Gasteiger partial charge is 0.294 e. The maximum absolute atomic E-state index is 11.4. The number of hydrogen-bond donors (Lipinski definition) is 1. The van der Waals surface area contributed by atoms with Gasteiger partial charge in [0.2, 0.25) is 0 Å². The summed E-state index contributed by atoms with van der Waals surface area (Å²) in [5, 5.41) is 3.54. The Morgan fingerprint density at radius 2 is 1.38 bits per heavy atom. The number of rotatable bonds is 1. The van der Waals surface area contributed by atoms with E-state index in [-0.39, 0.29) is 4.90 Å². The van der Waals surface area contributed by atoms with Crippen molar-refractivity contribution in [3.05, 3.63) is 66.7 Å². The van der Waals surface area contributed by atoms with Crippen molar-refractivity contribution in [2.24, 2.45) is 0 Å². The van der Waals surface area contributed by atoms with Crippen LogP contribution >= 0.6 is 0 Å². The Morgan fingerprint density at radius 3 is 2.15 bits per heavy atom. The van der Waals surface area contributed by atoms with Crippen molar-refractivity contribution in [2.45, 2.75) is 4.90 Å². The van der Waals surface area contributed by atoms with Crippen molar-refractivity contribution in [2.75, 3.05) is 0 Å². The molecule has 0 bridgehead atoms. The average Bonchev–Trinajstić information content (AvgIpc) is 2.64. The minimum atomic E-state index is -4.23. The van der Waals surface area contributed by atoms with E-state index in [4.69, 9.17) is 4.98 Å². The molecule has 4 aromatic carbocycles. The van der Waals surface area contributed by atoms with Gasteiger partial charge in [0.05, 0.1) is 27.0 Å². The van der Waals surface area contributed by atoms with E-state index in [2.05, 4.69) is 4.98 Å². The second-order valence-electron chi connectivity index (χ2n) is 6.16. The van der Waals surface area contributed by atoms with Crippen LogP contribution in [0.4, 0.5) is 0 Å². The van der Waals surface area contributed by atoms with Gasteiger partial charge in [-0.2, -0.15) is 8.42 Å². The summed E-state index contributed by atoms with van der Waals surface area (Å²) in [7, 11) is -4.23. The maximum Gasteiger partial charge on any atom is 0.294 e. The van der Waals surface area contributed by atoms with Crippen LogP contribution in [0.25, 0.3) is 43.6 Å². The summed E-state index contributed by atoms with van der Waals surface area (Å²) in [4.78, 5) is 9.34. The molecular formula is C20H12N2O3S. The van der Waals surface area contributed by atoms with Gasteiger partial charge in [0.15, 0.2) is 0 Å². The zero-order valence-electron chi connectivity index (χ0n) is 13.4. The van der Waals surface area contributed by atoms with Gasteiger partial charge in [0.25, 0.3) is 10.1 Å². The van der Waals surface area contributed by atoms with E-state index in [9.17, 15) is 13.0 Å². The predicted molar refractivity (Wildman–Crippen MR) is 102 cm³/mol. The monoisotopic (exact) mass is 360 g/mol. The normalized spacial score (nSPS) is 12.3. The lowest BCUT2D eigenvalue weighted by molar-refractivity contribution is 0.483. The average molecular weight is 360 g/mol. The lowest BCUT2D eigenvalue weighted by Crippen LogP contribution is -1.97. The summed E-state index contributed by atoms with van der Waals surface area (Å²) in [6.07, 6.45) is 0. The third kappa shape index (κ3) is 2.23. The molecule has 0 aliphatic carbocycles. The molecule has 0 aliphatic rings. The van der Waals surface area contributed by atoms with Crippen molar-refractivity contribution in [1.29, 1.82) is 0 Å². The van der Waals surface area contributed by atoms with E-state index < -0.39 is 10.1 Å². The number of para-hydroxylation sites is 2. The zero-order chi connectivity index (χ0) is 17.9. The number of nitrogens with zero attached hydrogens (tertiary/aromatic N) is 2. The van der Waals surface area contributed by atoms with E-state index in [0.29, 0.717) is 0 Å². The smallest absolute Gasteiger partial charge is 0.282 e. The van der Waals surface area contributed by atoms with Gasteiger partial charge in [0, 0.05) is 5.39 Å². The van der Waals surface area contributed by atoms with Gasteiger partial charge in [-0.1, -0.05) is 36.4 Å². The molecule has 0 fully saturated rings. The lowest BCUT2D eigenvalue weighted by atomic mass is 10.0. The van der Waals surface area contributed by atoms with Crippen LogP contribution in [0.15, 0.2) is 71.6 Å². The first-order valence-corrected chi connectivity index (χ1v) is 9.44. The van der Waals surface area contributed by atoms with Gasteiger partial charge in [-0.25, -0.2) is 9.97 Å². The number of hydrogen-bond acceptors (Lipinski definition) is 4. The fourth-order valence-electron chi connectivity index (χ4n) is 3.37. The molecule has 0 aliphatic heterocycles. The highest BCUT2D eigenvalue weighted by Gasteiger charge is 2.12. The van der Waals surface area contributed by atoms with Gasteiger partial charge in [-0.15, -0.1) is 0 Å². The Kier molecular flexibility index (Phi) is 3.04. The van der Waals surface area contributed by atoms with Gasteiger partial charge < -0.3 is 0 Å². The first kappa shape index (κ1) is 15.2. The number of aromatic nitrogens is 2. The Morgan fingerprint density at radius 1 is 0.692 bits per heavy atom. The van der Waals surface area contributed by atoms with Crippen LogP contribution in [0.2, 0.25) is 0 Å². The Hall–Kier alpha value is -3.09. The third-order valence-corrected chi connectivity index (χ3v) is 5.44. The quantitative estimate of drug-likeness (QED) is 0.273. The van der Waals surface area contributed by atoms with Gasteiger partial charge >= 0.3 is 0 Å². The molecule has 0 unspecified atom stereocenters. The van der Waals surface area contributed by atoms with E-state index >= 15 is 0 Å². The van der Waals surface area contributed by atoms with E-state index in [0.717, 1.165) is 43.6 Å².